The fourth-order valence-corrected chi connectivity index (χ4v) is 2.16. The topological polar surface area (TPSA) is 98.7 Å². The summed E-state index contributed by atoms with van der Waals surface area (Å²) in [6, 6.07) is 5.78. The fourth-order valence-electron chi connectivity index (χ4n) is 1.99. The Morgan fingerprint density at radius 1 is 1.45 bits per heavy atom. The lowest BCUT2D eigenvalue weighted by Gasteiger charge is -2.38. The number of pyridine rings is 1. The molecule has 3 heterocycles. The van der Waals surface area contributed by atoms with Crippen molar-refractivity contribution in [3.05, 3.63) is 51.4 Å². The van der Waals surface area contributed by atoms with Crippen molar-refractivity contribution < 1.29 is 18.9 Å². The number of hydrogen-bond donors (Lipinski definition) is 0. The van der Waals surface area contributed by atoms with Gasteiger partial charge in [0.05, 0.1) is 19.2 Å². The van der Waals surface area contributed by atoms with Gasteiger partial charge in [-0.05, 0) is 18.2 Å². The molecule has 0 bridgehead atoms. The van der Waals surface area contributed by atoms with Crippen LogP contribution >= 0.6 is 11.6 Å². The Labute approximate surface area is 129 Å². The maximum Gasteiger partial charge on any atom is 0.433 e. The molecule has 114 valence electrons. The lowest BCUT2D eigenvalue weighted by Crippen LogP contribution is -2.56. The predicted octanol–water partition coefficient (Wildman–Crippen LogP) is 2.14. The molecule has 3 rings (SSSR count). The van der Waals surface area contributed by atoms with Crippen LogP contribution in [-0.2, 0) is 0 Å². The highest BCUT2D eigenvalue weighted by Crippen LogP contribution is 2.25. The van der Waals surface area contributed by atoms with E-state index in [1.165, 1.54) is 11.0 Å². The van der Waals surface area contributed by atoms with Crippen molar-refractivity contribution in [1.29, 1.82) is 0 Å². The Bertz CT molecular complexity index is 726. The smallest absolute Gasteiger partial charge is 0.433 e. The van der Waals surface area contributed by atoms with E-state index in [2.05, 4.69) is 4.98 Å². The summed E-state index contributed by atoms with van der Waals surface area (Å²) in [5.41, 5.74) is 0. The van der Waals surface area contributed by atoms with Gasteiger partial charge in [-0.25, -0.2) is 4.98 Å². The molecule has 1 amide bonds. The minimum atomic E-state index is -0.693. The quantitative estimate of drug-likeness (QED) is 0.631. The van der Waals surface area contributed by atoms with Crippen LogP contribution in [0, 0.1) is 10.1 Å². The van der Waals surface area contributed by atoms with Gasteiger partial charge in [0.1, 0.15) is 16.0 Å². The Balaban J connectivity index is 1.57. The molecule has 0 spiro atoms. The van der Waals surface area contributed by atoms with Gasteiger partial charge in [0.25, 0.3) is 5.91 Å². The van der Waals surface area contributed by atoms with Gasteiger partial charge in [0.2, 0.25) is 5.88 Å². The number of aromatic nitrogens is 1. The highest BCUT2D eigenvalue weighted by molar-refractivity contribution is 6.31. The number of carbonyl (C=O) groups excluding carboxylic acids is 1. The molecule has 2 aromatic rings. The number of nitrogens with zero attached hydrogens (tertiary/aromatic N) is 3. The summed E-state index contributed by atoms with van der Waals surface area (Å²) in [7, 11) is 0. The van der Waals surface area contributed by atoms with E-state index in [4.69, 9.17) is 20.8 Å². The largest absolute Gasteiger partial charge is 0.470 e. The third-order valence-electron chi connectivity index (χ3n) is 3.12. The van der Waals surface area contributed by atoms with Gasteiger partial charge in [-0.2, -0.15) is 0 Å². The van der Waals surface area contributed by atoms with Crippen molar-refractivity contribution in [2.45, 2.75) is 6.10 Å². The summed E-state index contributed by atoms with van der Waals surface area (Å²) < 4.78 is 10.4. The molecule has 8 nitrogen and oxygen atoms in total. The molecule has 0 saturated carbocycles. The zero-order chi connectivity index (χ0) is 15.7. The first-order chi connectivity index (χ1) is 10.5. The van der Waals surface area contributed by atoms with E-state index in [1.54, 1.807) is 18.3 Å². The summed E-state index contributed by atoms with van der Waals surface area (Å²) in [5.74, 6) is -0.632. The first-order valence-corrected chi connectivity index (χ1v) is 6.73. The van der Waals surface area contributed by atoms with Crippen LogP contribution in [0.25, 0.3) is 0 Å². The summed E-state index contributed by atoms with van der Waals surface area (Å²) in [6.45, 7) is 0.667. The molecule has 0 aliphatic carbocycles. The van der Waals surface area contributed by atoms with Crippen molar-refractivity contribution in [2.75, 3.05) is 13.1 Å². The number of amides is 1. The maximum atomic E-state index is 12.0. The van der Waals surface area contributed by atoms with Gasteiger partial charge in [-0.3, -0.25) is 14.9 Å². The van der Waals surface area contributed by atoms with Crippen LogP contribution in [0.1, 0.15) is 10.6 Å². The van der Waals surface area contributed by atoms with Crippen LogP contribution in [-0.4, -0.2) is 39.9 Å². The lowest BCUT2D eigenvalue weighted by molar-refractivity contribution is -0.402. The number of halogens is 1. The number of furan rings is 1. The summed E-state index contributed by atoms with van der Waals surface area (Å²) in [6.07, 6.45) is 1.34. The van der Waals surface area contributed by atoms with Gasteiger partial charge < -0.3 is 14.1 Å². The number of likely N-dealkylation sites (tertiary alicyclic amines) is 1. The highest BCUT2D eigenvalue weighted by Gasteiger charge is 2.35. The normalized spacial score (nSPS) is 14.5. The molecular formula is C13H10ClN3O5. The molecule has 0 aromatic carbocycles. The summed E-state index contributed by atoms with van der Waals surface area (Å²) in [4.78, 5) is 27.3. The Morgan fingerprint density at radius 3 is 2.86 bits per heavy atom. The molecule has 0 atom stereocenters. The van der Waals surface area contributed by atoms with Crippen LogP contribution in [0.2, 0.25) is 5.02 Å². The molecule has 1 saturated heterocycles. The van der Waals surface area contributed by atoms with E-state index in [9.17, 15) is 14.9 Å². The summed E-state index contributed by atoms with van der Waals surface area (Å²) >= 11 is 5.93. The second kappa shape index (κ2) is 5.64. The second-order valence-corrected chi connectivity index (χ2v) is 5.04. The third-order valence-corrected chi connectivity index (χ3v) is 3.41. The standard InChI is InChI=1S/C13H10ClN3O5/c14-9-2-1-5-15-12(9)21-8-6-16(7-8)13(18)10-3-4-11(22-10)17(19)20/h1-5,8H,6-7H2. The lowest BCUT2D eigenvalue weighted by atomic mass is 10.1. The molecule has 0 unspecified atom stereocenters. The molecular weight excluding hydrogens is 314 g/mol. The Hall–Kier alpha value is -2.61. The Morgan fingerprint density at radius 2 is 2.23 bits per heavy atom. The average molecular weight is 324 g/mol. The number of hydrogen-bond acceptors (Lipinski definition) is 6. The van der Waals surface area contributed by atoms with Gasteiger partial charge in [0, 0.05) is 6.20 Å². The number of ether oxygens (including phenoxy) is 1. The number of carbonyl (C=O) groups is 1. The van der Waals surface area contributed by atoms with E-state index >= 15 is 0 Å². The van der Waals surface area contributed by atoms with Crippen LogP contribution in [0.5, 0.6) is 5.88 Å². The molecule has 1 aliphatic rings. The van der Waals surface area contributed by atoms with Crippen molar-refractivity contribution in [3.8, 4) is 5.88 Å². The minimum absolute atomic E-state index is 0.0685. The zero-order valence-electron chi connectivity index (χ0n) is 11.1. The van der Waals surface area contributed by atoms with Gasteiger partial charge in [0.15, 0.2) is 5.76 Å². The predicted molar refractivity (Wildman–Crippen MR) is 74.9 cm³/mol. The van der Waals surface area contributed by atoms with Crippen LogP contribution < -0.4 is 4.74 Å². The summed E-state index contributed by atoms with van der Waals surface area (Å²) in [5, 5.41) is 10.9. The SMILES string of the molecule is O=C(c1ccc([N+](=O)[O-])o1)N1CC(Oc2ncccc2Cl)C1. The van der Waals surface area contributed by atoms with Crippen LogP contribution in [0.3, 0.4) is 0 Å². The fraction of sp³-hybridized carbons (Fsp3) is 0.231. The van der Waals surface area contributed by atoms with Gasteiger partial charge >= 0.3 is 5.88 Å². The first-order valence-electron chi connectivity index (χ1n) is 6.35. The zero-order valence-corrected chi connectivity index (χ0v) is 11.9. The third kappa shape index (κ3) is 2.73. The van der Waals surface area contributed by atoms with Crippen molar-refractivity contribution >= 4 is 23.4 Å². The maximum absolute atomic E-state index is 12.0. The molecule has 1 aliphatic heterocycles. The molecule has 0 N–H and O–H groups in total. The van der Waals surface area contributed by atoms with E-state index < -0.39 is 16.7 Å². The van der Waals surface area contributed by atoms with Crippen LogP contribution in [0.15, 0.2) is 34.9 Å². The molecule has 2 aromatic heterocycles. The molecule has 9 heteroatoms. The first kappa shape index (κ1) is 14.3. The van der Waals surface area contributed by atoms with Gasteiger partial charge in [-0.15, -0.1) is 0 Å². The molecule has 22 heavy (non-hydrogen) atoms. The Kier molecular flexibility index (Phi) is 3.68. The van der Waals surface area contributed by atoms with E-state index in [0.717, 1.165) is 6.07 Å². The number of nitro groups is 1. The molecule has 1 fully saturated rings. The van der Waals surface area contributed by atoms with E-state index in [0.29, 0.717) is 24.0 Å². The van der Waals surface area contributed by atoms with Crippen molar-refractivity contribution in [3.63, 3.8) is 0 Å². The average Bonchev–Trinajstić information content (AvgIpc) is 2.93. The van der Waals surface area contributed by atoms with Crippen LogP contribution in [0.4, 0.5) is 5.88 Å². The van der Waals surface area contributed by atoms with Gasteiger partial charge in [-0.1, -0.05) is 11.6 Å². The number of rotatable bonds is 4. The van der Waals surface area contributed by atoms with Crippen molar-refractivity contribution in [1.82, 2.24) is 9.88 Å². The van der Waals surface area contributed by atoms with E-state index in [-0.39, 0.29) is 11.9 Å². The monoisotopic (exact) mass is 323 g/mol. The highest BCUT2D eigenvalue weighted by atomic mass is 35.5. The molecule has 0 radical (unpaired) electrons. The van der Waals surface area contributed by atoms with Crippen molar-refractivity contribution in [2.24, 2.45) is 0 Å². The minimum Gasteiger partial charge on any atom is -0.470 e. The second-order valence-electron chi connectivity index (χ2n) is 4.64. The van der Waals surface area contributed by atoms with E-state index in [1.807, 2.05) is 0 Å².